The highest BCUT2D eigenvalue weighted by Gasteiger charge is 2.19. The van der Waals surface area contributed by atoms with Gasteiger partial charge in [0.2, 0.25) is 5.91 Å². The summed E-state index contributed by atoms with van der Waals surface area (Å²) >= 11 is 0. The molecular weight excluding hydrogens is 282 g/mol. The molecule has 2 rings (SSSR count). The molecule has 0 aliphatic heterocycles. The molecule has 1 aromatic heterocycles. The number of carbonyl (C=O) groups is 1. The Labute approximate surface area is 129 Å². The van der Waals surface area contributed by atoms with Gasteiger partial charge in [0.1, 0.15) is 17.2 Å². The fraction of sp³-hybridized carbons (Fsp3) is 0.375. The fourth-order valence-electron chi connectivity index (χ4n) is 2.31. The molecule has 0 radical (unpaired) electrons. The van der Waals surface area contributed by atoms with Gasteiger partial charge in [-0.25, -0.2) is 0 Å². The third-order valence-corrected chi connectivity index (χ3v) is 3.31. The van der Waals surface area contributed by atoms with Crippen molar-refractivity contribution >= 4 is 11.6 Å². The molecule has 0 atom stereocenters. The van der Waals surface area contributed by atoms with E-state index >= 15 is 0 Å². The Morgan fingerprint density at radius 1 is 1.32 bits per heavy atom. The monoisotopic (exact) mass is 303 g/mol. The second kappa shape index (κ2) is 6.98. The maximum atomic E-state index is 11.5. The number of anilines is 1. The summed E-state index contributed by atoms with van der Waals surface area (Å²) in [5, 5.41) is 10.2. The number of hydrogen-bond donors (Lipinski definition) is 2. The molecule has 0 aliphatic carbocycles. The van der Waals surface area contributed by atoms with E-state index in [0.717, 1.165) is 24.1 Å². The number of hydrogen-bond acceptors (Lipinski definition) is 4. The number of benzene rings is 1. The van der Waals surface area contributed by atoms with Crippen molar-refractivity contribution in [2.75, 3.05) is 19.5 Å². The molecule has 1 heterocycles. The van der Waals surface area contributed by atoms with E-state index in [9.17, 15) is 4.79 Å². The van der Waals surface area contributed by atoms with Gasteiger partial charge in [-0.3, -0.25) is 9.89 Å². The van der Waals surface area contributed by atoms with E-state index in [-0.39, 0.29) is 5.91 Å². The topological polar surface area (TPSA) is 76.2 Å². The number of amides is 1. The first-order valence-electron chi connectivity index (χ1n) is 7.17. The van der Waals surface area contributed by atoms with E-state index in [1.807, 2.05) is 12.1 Å². The number of ether oxygens (including phenoxy) is 2. The largest absolute Gasteiger partial charge is 0.497 e. The Hall–Kier alpha value is -2.50. The van der Waals surface area contributed by atoms with Crippen molar-refractivity contribution in [2.24, 2.45) is 0 Å². The Kier molecular flexibility index (Phi) is 5.04. The lowest BCUT2D eigenvalue weighted by Crippen LogP contribution is -2.08. The minimum atomic E-state index is -0.132. The molecule has 6 nitrogen and oxygen atoms in total. The van der Waals surface area contributed by atoms with Crippen LogP contribution in [0, 0.1) is 0 Å². The molecule has 2 aromatic rings. The average molecular weight is 303 g/mol. The van der Waals surface area contributed by atoms with Crippen molar-refractivity contribution in [1.29, 1.82) is 0 Å². The zero-order chi connectivity index (χ0) is 16.1. The van der Waals surface area contributed by atoms with Crippen molar-refractivity contribution in [3.63, 3.8) is 0 Å². The first-order valence-corrected chi connectivity index (χ1v) is 7.17. The molecule has 0 saturated carbocycles. The summed E-state index contributed by atoms with van der Waals surface area (Å²) in [6, 6.07) is 5.50. The number of rotatable bonds is 6. The first-order chi connectivity index (χ1) is 10.6. The summed E-state index contributed by atoms with van der Waals surface area (Å²) in [7, 11) is 3.20. The summed E-state index contributed by atoms with van der Waals surface area (Å²) < 4.78 is 10.6. The van der Waals surface area contributed by atoms with E-state index in [1.165, 1.54) is 6.92 Å². The minimum Gasteiger partial charge on any atom is -0.497 e. The highest BCUT2D eigenvalue weighted by molar-refractivity contribution is 5.95. The van der Waals surface area contributed by atoms with Crippen LogP contribution in [0.3, 0.4) is 0 Å². The molecule has 0 unspecified atom stereocenters. The van der Waals surface area contributed by atoms with E-state index in [4.69, 9.17) is 9.47 Å². The van der Waals surface area contributed by atoms with Gasteiger partial charge in [0.05, 0.1) is 25.6 Å². The van der Waals surface area contributed by atoms with Crippen LogP contribution in [0.2, 0.25) is 0 Å². The van der Waals surface area contributed by atoms with Gasteiger partial charge in [-0.1, -0.05) is 13.3 Å². The van der Waals surface area contributed by atoms with Gasteiger partial charge in [-0.2, -0.15) is 5.10 Å². The molecule has 118 valence electrons. The predicted molar refractivity (Wildman–Crippen MR) is 85.4 cm³/mol. The molecule has 6 heteroatoms. The smallest absolute Gasteiger partial charge is 0.221 e. The SMILES string of the molecule is CCCc1[nH]nc(-c2ccc(OC)cc2OC)c1NC(C)=O. The van der Waals surface area contributed by atoms with Crippen molar-refractivity contribution < 1.29 is 14.3 Å². The lowest BCUT2D eigenvalue weighted by Gasteiger charge is -2.11. The zero-order valence-electron chi connectivity index (χ0n) is 13.3. The van der Waals surface area contributed by atoms with Crippen LogP contribution in [0.25, 0.3) is 11.3 Å². The van der Waals surface area contributed by atoms with Crippen LogP contribution < -0.4 is 14.8 Å². The number of carbonyl (C=O) groups excluding carboxylic acids is 1. The molecule has 0 spiro atoms. The maximum absolute atomic E-state index is 11.5. The molecule has 1 aromatic carbocycles. The highest BCUT2D eigenvalue weighted by Crippen LogP contribution is 2.37. The molecule has 0 fully saturated rings. The number of aromatic nitrogens is 2. The second-order valence-corrected chi connectivity index (χ2v) is 4.92. The normalized spacial score (nSPS) is 10.4. The minimum absolute atomic E-state index is 0.132. The summed E-state index contributed by atoms with van der Waals surface area (Å²) in [5.74, 6) is 1.21. The maximum Gasteiger partial charge on any atom is 0.221 e. The summed E-state index contributed by atoms with van der Waals surface area (Å²) in [6.07, 6.45) is 1.76. The van der Waals surface area contributed by atoms with Crippen molar-refractivity contribution in [3.05, 3.63) is 23.9 Å². The zero-order valence-corrected chi connectivity index (χ0v) is 13.3. The number of aryl methyl sites for hydroxylation is 1. The molecule has 0 bridgehead atoms. The van der Waals surface area contributed by atoms with Crippen LogP contribution >= 0.6 is 0 Å². The lowest BCUT2D eigenvalue weighted by molar-refractivity contribution is -0.114. The number of nitrogens with one attached hydrogen (secondary N) is 2. The Morgan fingerprint density at radius 3 is 2.68 bits per heavy atom. The fourth-order valence-corrected chi connectivity index (χ4v) is 2.31. The number of H-pyrrole nitrogens is 1. The van der Waals surface area contributed by atoms with Gasteiger partial charge in [-0.15, -0.1) is 0 Å². The number of methoxy groups -OCH3 is 2. The first kappa shape index (κ1) is 15.9. The third-order valence-electron chi connectivity index (χ3n) is 3.31. The molecule has 22 heavy (non-hydrogen) atoms. The Morgan fingerprint density at radius 2 is 2.09 bits per heavy atom. The molecular formula is C16H21N3O3. The third kappa shape index (κ3) is 3.21. The lowest BCUT2D eigenvalue weighted by atomic mass is 10.1. The van der Waals surface area contributed by atoms with Crippen LogP contribution in [-0.4, -0.2) is 30.3 Å². The molecule has 0 aliphatic rings. The van der Waals surface area contributed by atoms with Gasteiger partial charge in [0, 0.05) is 18.6 Å². The summed E-state index contributed by atoms with van der Waals surface area (Å²) in [6.45, 7) is 3.56. The van der Waals surface area contributed by atoms with Gasteiger partial charge in [0.25, 0.3) is 0 Å². The van der Waals surface area contributed by atoms with Gasteiger partial charge in [-0.05, 0) is 18.6 Å². The number of nitrogens with zero attached hydrogens (tertiary/aromatic N) is 1. The molecule has 1 amide bonds. The second-order valence-electron chi connectivity index (χ2n) is 4.92. The van der Waals surface area contributed by atoms with Crippen LogP contribution in [0.5, 0.6) is 11.5 Å². The van der Waals surface area contributed by atoms with Crippen LogP contribution in [0.4, 0.5) is 5.69 Å². The van der Waals surface area contributed by atoms with Crippen molar-refractivity contribution in [2.45, 2.75) is 26.7 Å². The predicted octanol–water partition coefficient (Wildman–Crippen LogP) is 3.00. The van der Waals surface area contributed by atoms with E-state index in [2.05, 4.69) is 22.4 Å². The highest BCUT2D eigenvalue weighted by atomic mass is 16.5. The summed E-state index contributed by atoms with van der Waals surface area (Å²) in [4.78, 5) is 11.5. The van der Waals surface area contributed by atoms with E-state index in [0.29, 0.717) is 22.9 Å². The van der Waals surface area contributed by atoms with Crippen molar-refractivity contribution in [3.8, 4) is 22.8 Å². The standard InChI is InChI=1S/C16H21N3O3/c1-5-6-13-16(17-10(2)20)15(19-18-13)12-8-7-11(21-3)9-14(12)22-4/h7-9H,5-6H2,1-4H3,(H,17,20)(H,18,19). The molecule has 2 N–H and O–H groups in total. The average Bonchev–Trinajstić information content (AvgIpc) is 2.89. The van der Waals surface area contributed by atoms with Gasteiger partial charge >= 0.3 is 0 Å². The summed E-state index contributed by atoms with van der Waals surface area (Å²) in [5.41, 5.74) is 3.08. The number of aromatic amines is 1. The molecule has 0 saturated heterocycles. The Balaban J connectivity index is 2.54. The quantitative estimate of drug-likeness (QED) is 0.860. The van der Waals surface area contributed by atoms with Crippen LogP contribution in [0.1, 0.15) is 26.0 Å². The Bertz CT molecular complexity index is 665. The van der Waals surface area contributed by atoms with E-state index < -0.39 is 0 Å². The van der Waals surface area contributed by atoms with Crippen LogP contribution in [0.15, 0.2) is 18.2 Å². The van der Waals surface area contributed by atoms with Gasteiger partial charge in [0.15, 0.2) is 0 Å². The van der Waals surface area contributed by atoms with Crippen molar-refractivity contribution in [1.82, 2.24) is 10.2 Å². The van der Waals surface area contributed by atoms with Gasteiger partial charge < -0.3 is 14.8 Å². The van der Waals surface area contributed by atoms with E-state index in [1.54, 1.807) is 20.3 Å². The van der Waals surface area contributed by atoms with Crippen LogP contribution in [-0.2, 0) is 11.2 Å².